The van der Waals surface area contributed by atoms with Gasteiger partial charge in [0, 0.05) is 5.41 Å². The van der Waals surface area contributed by atoms with E-state index in [-0.39, 0.29) is 31.5 Å². The van der Waals surface area contributed by atoms with Crippen molar-refractivity contribution in [1.29, 1.82) is 0 Å². The predicted octanol–water partition coefficient (Wildman–Crippen LogP) is 3.72. The maximum atomic E-state index is 10.5. The van der Waals surface area contributed by atoms with E-state index in [1.54, 1.807) is 0 Å². The molecule has 144 valence electrons. The Morgan fingerprint density at radius 3 is 1.37 bits per heavy atom. The minimum Gasteiger partial charge on any atom is -0.493 e. The van der Waals surface area contributed by atoms with Gasteiger partial charge in [-0.2, -0.15) is 0 Å². The van der Waals surface area contributed by atoms with E-state index in [1.807, 2.05) is 48.5 Å². The molecule has 0 saturated heterocycles. The molecular formula is C21H24O6. The van der Waals surface area contributed by atoms with Crippen LogP contribution in [0.4, 0.5) is 0 Å². The molecule has 0 aliphatic rings. The van der Waals surface area contributed by atoms with Crippen LogP contribution in [0, 0.1) is 0 Å². The van der Waals surface area contributed by atoms with Gasteiger partial charge in [0.05, 0.1) is 26.1 Å². The molecule has 2 aromatic carbocycles. The van der Waals surface area contributed by atoms with Crippen LogP contribution in [0.5, 0.6) is 11.5 Å². The largest absolute Gasteiger partial charge is 0.493 e. The van der Waals surface area contributed by atoms with Crippen LogP contribution in [-0.2, 0) is 15.0 Å². The Morgan fingerprint density at radius 1 is 0.741 bits per heavy atom. The Labute approximate surface area is 158 Å². The Morgan fingerprint density at radius 2 is 1.07 bits per heavy atom. The summed E-state index contributed by atoms with van der Waals surface area (Å²) in [5.41, 5.74) is 1.93. The molecule has 2 aromatic rings. The summed E-state index contributed by atoms with van der Waals surface area (Å²) in [6, 6.07) is 15.2. The second-order valence-corrected chi connectivity index (χ2v) is 6.66. The maximum absolute atomic E-state index is 10.5. The van der Waals surface area contributed by atoms with Crippen LogP contribution >= 0.6 is 0 Å². The van der Waals surface area contributed by atoms with Crippen LogP contribution in [0.3, 0.4) is 0 Å². The average molecular weight is 372 g/mol. The second-order valence-electron chi connectivity index (χ2n) is 6.66. The van der Waals surface area contributed by atoms with E-state index in [4.69, 9.17) is 19.7 Å². The number of ether oxygens (including phenoxy) is 2. The molecular weight excluding hydrogens is 348 g/mol. The van der Waals surface area contributed by atoms with E-state index in [1.165, 1.54) is 0 Å². The van der Waals surface area contributed by atoms with Gasteiger partial charge < -0.3 is 19.7 Å². The molecule has 0 heterocycles. The summed E-state index contributed by atoms with van der Waals surface area (Å²) >= 11 is 0. The molecule has 0 amide bonds. The number of carboxylic acids is 2. The van der Waals surface area contributed by atoms with E-state index in [0.717, 1.165) is 11.1 Å². The highest BCUT2D eigenvalue weighted by molar-refractivity contribution is 5.67. The van der Waals surface area contributed by atoms with Crippen molar-refractivity contribution >= 4 is 11.9 Å². The number of carbonyl (C=O) groups is 2. The third-order valence-corrected chi connectivity index (χ3v) is 4.32. The number of carboxylic acid groups (broad SMARTS) is 2. The van der Waals surface area contributed by atoms with E-state index in [0.29, 0.717) is 11.5 Å². The Balaban J connectivity index is 2.01. The summed E-state index contributed by atoms with van der Waals surface area (Å²) in [6.45, 7) is 4.49. The van der Waals surface area contributed by atoms with E-state index < -0.39 is 11.9 Å². The van der Waals surface area contributed by atoms with Crippen LogP contribution in [-0.4, -0.2) is 35.4 Å². The van der Waals surface area contributed by atoms with Crippen molar-refractivity contribution in [2.75, 3.05) is 13.2 Å². The van der Waals surface area contributed by atoms with Crippen molar-refractivity contribution in [3.8, 4) is 11.5 Å². The highest BCUT2D eigenvalue weighted by Gasteiger charge is 2.23. The topological polar surface area (TPSA) is 93.1 Å². The van der Waals surface area contributed by atoms with Gasteiger partial charge in [0.15, 0.2) is 0 Å². The van der Waals surface area contributed by atoms with E-state index in [2.05, 4.69) is 13.8 Å². The maximum Gasteiger partial charge on any atom is 0.306 e. The van der Waals surface area contributed by atoms with Gasteiger partial charge in [-0.15, -0.1) is 0 Å². The zero-order valence-corrected chi connectivity index (χ0v) is 15.5. The fourth-order valence-corrected chi connectivity index (χ4v) is 2.61. The predicted molar refractivity (Wildman–Crippen MR) is 101 cm³/mol. The summed E-state index contributed by atoms with van der Waals surface area (Å²) < 4.78 is 10.8. The number of aliphatic carboxylic acids is 2. The van der Waals surface area contributed by atoms with Crippen LogP contribution in [0.15, 0.2) is 48.5 Å². The zero-order chi connectivity index (χ0) is 19.9. The van der Waals surface area contributed by atoms with Crippen LogP contribution < -0.4 is 9.47 Å². The standard InChI is InChI=1S/C21H24O6/c1-21(2,15-3-7-17(8-4-15)26-13-11-19(22)23)16-5-9-18(10-6-16)27-14-12-20(24)25/h3-10H,11-14H2,1-2H3,(H,22,23)(H,24,25). The number of benzene rings is 2. The first-order valence-electron chi connectivity index (χ1n) is 8.69. The third-order valence-electron chi connectivity index (χ3n) is 4.32. The summed E-state index contributed by atoms with van der Waals surface area (Å²) in [7, 11) is 0. The van der Waals surface area contributed by atoms with Gasteiger partial charge in [0.1, 0.15) is 11.5 Å². The Kier molecular flexibility index (Phi) is 6.82. The monoisotopic (exact) mass is 372 g/mol. The lowest BCUT2D eigenvalue weighted by molar-refractivity contribution is -0.138. The fourth-order valence-electron chi connectivity index (χ4n) is 2.61. The van der Waals surface area contributed by atoms with Crippen molar-refractivity contribution < 1.29 is 29.3 Å². The number of rotatable bonds is 10. The molecule has 0 fully saturated rings. The first-order chi connectivity index (χ1) is 12.8. The van der Waals surface area contributed by atoms with Gasteiger partial charge in [0.25, 0.3) is 0 Å². The summed E-state index contributed by atoms with van der Waals surface area (Å²) in [6.07, 6.45) is -0.0672. The highest BCUT2D eigenvalue weighted by atomic mass is 16.5. The smallest absolute Gasteiger partial charge is 0.306 e. The molecule has 2 rings (SSSR count). The van der Waals surface area contributed by atoms with Crippen molar-refractivity contribution in [2.45, 2.75) is 32.1 Å². The molecule has 0 bridgehead atoms. The second kappa shape index (κ2) is 9.07. The van der Waals surface area contributed by atoms with Gasteiger partial charge in [-0.1, -0.05) is 38.1 Å². The third kappa shape index (κ3) is 6.02. The summed E-state index contributed by atoms with van der Waals surface area (Å²) in [5.74, 6) is -0.498. The Bertz CT molecular complexity index is 697. The molecule has 0 aliphatic heterocycles. The fraction of sp³-hybridized carbons (Fsp3) is 0.333. The summed E-state index contributed by atoms with van der Waals surface area (Å²) in [5, 5.41) is 17.3. The van der Waals surface area contributed by atoms with Gasteiger partial charge in [-0.25, -0.2) is 0 Å². The van der Waals surface area contributed by atoms with Gasteiger partial charge in [-0.05, 0) is 35.4 Å². The molecule has 0 saturated carbocycles. The van der Waals surface area contributed by atoms with Crippen molar-refractivity contribution in [1.82, 2.24) is 0 Å². The molecule has 0 spiro atoms. The van der Waals surface area contributed by atoms with E-state index >= 15 is 0 Å². The normalized spacial score (nSPS) is 11.0. The van der Waals surface area contributed by atoms with Crippen molar-refractivity contribution in [3.05, 3.63) is 59.7 Å². The average Bonchev–Trinajstić information content (AvgIpc) is 2.62. The lowest BCUT2D eigenvalue weighted by Gasteiger charge is -2.26. The SMILES string of the molecule is CC(C)(c1ccc(OCCC(=O)O)cc1)c1ccc(OCCC(=O)O)cc1. The molecule has 2 N–H and O–H groups in total. The van der Waals surface area contributed by atoms with Gasteiger partial charge in [-0.3, -0.25) is 9.59 Å². The minimum atomic E-state index is -0.886. The number of hydrogen-bond acceptors (Lipinski definition) is 4. The van der Waals surface area contributed by atoms with Crippen LogP contribution in [0.25, 0.3) is 0 Å². The Hall–Kier alpha value is -3.02. The molecule has 0 aliphatic carbocycles. The van der Waals surface area contributed by atoms with Crippen LogP contribution in [0.2, 0.25) is 0 Å². The van der Waals surface area contributed by atoms with Gasteiger partial charge in [0.2, 0.25) is 0 Å². The van der Waals surface area contributed by atoms with Crippen molar-refractivity contribution in [3.63, 3.8) is 0 Å². The summed E-state index contributed by atoms with van der Waals surface area (Å²) in [4.78, 5) is 21.1. The minimum absolute atomic E-state index is 0.0336. The molecule has 6 heteroatoms. The molecule has 0 radical (unpaired) electrons. The quantitative estimate of drug-likeness (QED) is 0.660. The first kappa shape index (κ1) is 20.3. The molecule has 0 atom stereocenters. The zero-order valence-electron chi connectivity index (χ0n) is 15.5. The molecule has 6 nitrogen and oxygen atoms in total. The lowest BCUT2D eigenvalue weighted by Crippen LogP contribution is -2.18. The van der Waals surface area contributed by atoms with Crippen molar-refractivity contribution in [2.24, 2.45) is 0 Å². The highest BCUT2D eigenvalue weighted by Crippen LogP contribution is 2.33. The first-order valence-corrected chi connectivity index (χ1v) is 8.69. The van der Waals surface area contributed by atoms with Crippen LogP contribution in [0.1, 0.15) is 37.8 Å². The van der Waals surface area contributed by atoms with Gasteiger partial charge >= 0.3 is 11.9 Å². The molecule has 0 unspecified atom stereocenters. The molecule has 0 aromatic heterocycles. The number of hydrogen-bond donors (Lipinski definition) is 2. The molecule has 27 heavy (non-hydrogen) atoms. The van der Waals surface area contributed by atoms with E-state index in [9.17, 15) is 9.59 Å². The lowest BCUT2D eigenvalue weighted by atomic mass is 9.78.